The summed E-state index contributed by atoms with van der Waals surface area (Å²) in [5.74, 6) is 0.812. The topological polar surface area (TPSA) is 76.7 Å². The van der Waals surface area contributed by atoms with Gasteiger partial charge in [0.2, 0.25) is 0 Å². The first-order valence-electron chi connectivity index (χ1n) is 7.87. The SMILES string of the molecule is CCc1nc2ccc(Br)cc2c(=O)n1N=Cc1cc(OC)c(O)c(Br)c1Br. The van der Waals surface area contributed by atoms with Crippen LogP contribution in [0.1, 0.15) is 18.3 Å². The zero-order chi connectivity index (χ0) is 19.7. The summed E-state index contributed by atoms with van der Waals surface area (Å²) in [5, 5.41) is 14.9. The number of fused-ring (bicyclic) bond motifs is 1. The number of ether oxygens (including phenoxy) is 1. The summed E-state index contributed by atoms with van der Waals surface area (Å²) in [7, 11) is 1.46. The Morgan fingerprint density at radius 2 is 2.00 bits per heavy atom. The normalized spacial score (nSPS) is 11.4. The lowest BCUT2D eigenvalue weighted by molar-refractivity contribution is 0.371. The summed E-state index contributed by atoms with van der Waals surface area (Å²) in [4.78, 5) is 17.5. The Balaban J connectivity index is 2.18. The molecule has 0 aliphatic rings. The molecule has 2 aromatic carbocycles. The molecule has 0 aliphatic carbocycles. The summed E-state index contributed by atoms with van der Waals surface area (Å²) in [6.45, 7) is 1.91. The van der Waals surface area contributed by atoms with Crippen molar-refractivity contribution in [3.8, 4) is 11.5 Å². The molecule has 0 spiro atoms. The highest BCUT2D eigenvalue weighted by Gasteiger charge is 2.14. The van der Waals surface area contributed by atoms with Crippen molar-refractivity contribution in [2.24, 2.45) is 5.10 Å². The summed E-state index contributed by atoms with van der Waals surface area (Å²) < 4.78 is 8.27. The highest BCUT2D eigenvalue weighted by molar-refractivity contribution is 9.13. The Morgan fingerprint density at radius 1 is 1.26 bits per heavy atom. The van der Waals surface area contributed by atoms with Crippen molar-refractivity contribution in [2.75, 3.05) is 7.11 Å². The molecule has 1 heterocycles. The molecule has 1 N–H and O–H groups in total. The van der Waals surface area contributed by atoms with Crippen molar-refractivity contribution in [2.45, 2.75) is 13.3 Å². The van der Waals surface area contributed by atoms with Crippen LogP contribution in [0.15, 0.2) is 47.6 Å². The lowest BCUT2D eigenvalue weighted by Crippen LogP contribution is -2.22. The number of nitrogens with zero attached hydrogens (tertiary/aromatic N) is 3. The van der Waals surface area contributed by atoms with Crippen LogP contribution in [-0.2, 0) is 6.42 Å². The van der Waals surface area contributed by atoms with E-state index in [1.54, 1.807) is 18.2 Å². The number of aromatic hydroxyl groups is 1. The molecule has 140 valence electrons. The number of hydrogen-bond acceptors (Lipinski definition) is 5. The van der Waals surface area contributed by atoms with Crippen molar-refractivity contribution in [1.82, 2.24) is 9.66 Å². The van der Waals surface area contributed by atoms with E-state index in [9.17, 15) is 9.90 Å². The Kier molecular flexibility index (Phi) is 6.02. The third-order valence-corrected chi connectivity index (χ3v) is 6.55. The van der Waals surface area contributed by atoms with Gasteiger partial charge in [0.25, 0.3) is 5.56 Å². The van der Waals surface area contributed by atoms with E-state index in [1.807, 2.05) is 13.0 Å². The number of benzene rings is 2. The number of aromatic nitrogens is 2. The monoisotopic (exact) mass is 557 g/mol. The van der Waals surface area contributed by atoms with Crippen LogP contribution in [0.5, 0.6) is 11.5 Å². The second kappa shape index (κ2) is 8.12. The molecule has 6 nitrogen and oxygen atoms in total. The van der Waals surface area contributed by atoms with Gasteiger partial charge in [-0.05, 0) is 56.1 Å². The molecule has 0 saturated heterocycles. The van der Waals surface area contributed by atoms with E-state index in [2.05, 4.69) is 57.9 Å². The largest absolute Gasteiger partial charge is 0.503 e. The first-order valence-corrected chi connectivity index (χ1v) is 10.3. The molecule has 0 saturated carbocycles. The average molecular weight is 560 g/mol. The molecule has 0 bridgehead atoms. The molecule has 1 aromatic heterocycles. The summed E-state index contributed by atoms with van der Waals surface area (Å²) >= 11 is 10.1. The van der Waals surface area contributed by atoms with Gasteiger partial charge in [0.05, 0.1) is 28.7 Å². The van der Waals surface area contributed by atoms with E-state index >= 15 is 0 Å². The van der Waals surface area contributed by atoms with E-state index in [4.69, 9.17) is 4.74 Å². The van der Waals surface area contributed by atoms with Crippen molar-refractivity contribution >= 4 is 64.9 Å². The van der Waals surface area contributed by atoms with E-state index in [1.165, 1.54) is 18.0 Å². The number of halogens is 3. The molecule has 0 radical (unpaired) electrons. The molecule has 0 unspecified atom stereocenters. The third-order valence-electron chi connectivity index (χ3n) is 3.90. The van der Waals surface area contributed by atoms with E-state index in [0.29, 0.717) is 37.7 Å². The molecular formula is C18H14Br3N3O3. The van der Waals surface area contributed by atoms with Gasteiger partial charge in [-0.15, -0.1) is 0 Å². The Morgan fingerprint density at radius 3 is 2.67 bits per heavy atom. The van der Waals surface area contributed by atoms with Gasteiger partial charge in [0, 0.05) is 20.9 Å². The van der Waals surface area contributed by atoms with Crippen LogP contribution in [0.2, 0.25) is 0 Å². The smallest absolute Gasteiger partial charge is 0.282 e. The second-order valence-corrected chi connectivity index (χ2v) is 8.05. The van der Waals surface area contributed by atoms with Gasteiger partial charge >= 0.3 is 0 Å². The minimum absolute atomic E-state index is 0.0230. The van der Waals surface area contributed by atoms with Crippen molar-refractivity contribution < 1.29 is 9.84 Å². The van der Waals surface area contributed by atoms with Gasteiger partial charge in [-0.1, -0.05) is 22.9 Å². The zero-order valence-corrected chi connectivity index (χ0v) is 19.1. The van der Waals surface area contributed by atoms with Crippen LogP contribution < -0.4 is 10.3 Å². The second-order valence-electron chi connectivity index (χ2n) is 5.55. The lowest BCUT2D eigenvalue weighted by Gasteiger charge is -2.10. The first-order chi connectivity index (χ1) is 12.9. The highest BCUT2D eigenvalue weighted by Crippen LogP contribution is 2.41. The highest BCUT2D eigenvalue weighted by atomic mass is 79.9. The Hall–Kier alpha value is -1.71. The number of phenols is 1. The fourth-order valence-corrected chi connectivity index (χ4v) is 3.71. The molecule has 9 heteroatoms. The number of hydrogen-bond donors (Lipinski definition) is 1. The molecule has 0 atom stereocenters. The molecule has 0 amide bonds. The predicted octanol–water partition coefficient (Wildman–Crippen LogP) is 4.84. The van der Waals surface area contributed by atoms with Crippen LogP contribution in [0.4, 0.5) is 0 Å². The van der Waals surface area contributed by atoms with Crippen LogP contribution >= 0.6 is 47.8 Å². The van der Waals surface area contributed by atoms with Crippen LogP contribution in [0.25, 0.3) is 10.9 Å². The van der Waals surface area contributed by atoms with Gasteiger partial charge in [0.15, 0.2) is 11.5 Å². The maximum atomic E-state index is 12.9. The maximum Gasteiger partial charge on any atom is 0.282 e. The van der Waals surface area contributed by atoms with Crippen LogP contribution in [0, 0.1) is 0 Å². The van der Waals surface area contributed by atoms with Crippen LogP contribution in [-0.4, -0.2) is 28.1 Å². The molecule has 0 fully saturated rings. The van der Waals surface area contributed by atoms with Crippen molar-refractivity contribution in [1.29, 1.82) is 0 Å². The minimum Gasteiger partial charge on any atom is -0.503 e. The van der Waals surface area contributed by atoms with Crippen molar-refractivity contribution in [3.05, 3.63) is 59.4 Å². The Labute approximate surface area is 180 Å². The number of methoxy groups -OCH3 is 1. The van der Waals surface area contributed by atoms with Crippen LogP contribution in [0.3, 0.4) is 0 Å². The average Bonchev–Trinajstić information content (AvgIpc) is 2.67. The zero-order valence-electron chi connectivity index (χ0n) is 14.3. The van der Waals surface area contributed by atoms with Gasteiger partial charge < -0.3 is 9.84 Å². The first kappa shape index (κ1) is 20.0. The van der Waals surface area contributed by atoms with E-state index in [-0.39, 0.29) is 17.1 Å². The quantitative estimate of drug-likeness (QED) is 0.464. The molecular weight excluding hydrogens is 546 g/mol. The summed E-state index contributed by atoms with van der Waals surface area (Å²) in [5.41, 5.74) is 0.997. The van der Waals surface area contributed by atoms with Gasteiger partial charge in [0.1, 0.15) is 5.82 Å². The maximum absolute atomic E-state index is 12.9. The summed E-state index contributed by atoms with van der Waals surface area (Å²) in [6, 6.07) is 6.99. The summed E-state index contributed by atoms with van der Waals surface area (Å²) in [6.07, 6.45) is 2.06. The fourth-order valence-electron chi connectivity index (χ4n) is 2.52. The van der Waals surface area contributed by atoms with Gasteiger partial charge in [-0.25, -0.2) is 4.98 Å². The molecule has 27 heavy (non-hydrogen) atoms. The lowest BCUT2D eigenvalue weighted by atomic mass is 10.2. The van der Waals surface area contributed by atoms with E-state index in [0.717, 1.165) is 4.47 Å². The fraction of sp³-hybridized carbons (Fsp3) is 0.167. The third kappa shape index (κ3) is 3.81. The number of rotatable bonds is 4. The molecule has 0 aliphatic heterocycles. The van der Waals surface area contributed by atoms with Crippen molar-refractivity contribution in [3.63, 3.8) is 0 Å². The van der Waals surface area contributed by atoms with Gasteiger partial charge in [-0.2, -0.15) is 9.78 Å². The standard InChI is InChI=1S/C18H14Br3N3O3/c1-3-14-23-12-5-4-10(19)7-11(12)18(26)24(14)22-8-9-6-13(27-2)17(25)16(21)15(9)20/h4-8,25H,3H2,1-2H3. The van der Waals surface area contributed by atoms with Gasteiger partial charge in [-0.3, -0.25) is 4.79 Å². The van der Waals surface area contributed by atoms with E-state index < -0.39 is 0 Å². The number of phenolic OH excluding ortho intramolecular Hbond substituents is 1. The molecule has 3 rings (SSSR count). The molecule has 3 aromatic rings. The number of aryl methyl sites for hydroxylation is 1. The predicted molar refractivity (Wildman–Crippen MR) is 116 cm³/mol. The minimum atomic E-state index is -0.254. The Bertz CT molecular complexity index is 1130.